The number of halogens is 2. The molecule has 2 N–H and O–H groups in total. The van der Waals surface area contributed by atoms with Crippen molar-refractivity contribution in [3.63, 3.8) is 0 Å². The van der Waals surface area contributed by atoms with Crippen molar-refractivity contribution in [3.8, 4) is 35.9 Å². The number of alkyl halides is 1. The minimum absolute atomic E-state index is 0.0247. The maximum Gasteiger partial charge on any atom is 0.420 e. The van der Waals surface area contributed by atoms with E-state index in [9.17, 15) is 20.0 Å². The van der Waals surface area contributed by atoms with Gasteiger partial charge in [-0.25, -0.2) is 13.6 Å². The van der Waals surface area contributed by atoms with E-state index in [0.717, 1.165) is 12.8 Å². The van der Waals surface area contributed by atoms with E-state index in [2.05, 4.69) is 28.8 Å². The van der Waals surface area contributed by atoms with Gasteiger partial charge in [0.05, 0.1) is 34.8 Å². The molecule has 0 bridgehead atoms. The summed E-state index contributed by atoms with van der Waals surface area (Å²) in [7, 11) is 0. The predicted molar refractivity (Wildman–Crippen MR) is 204 cm³/mol. The molecule has 2 amide bonds. The number of carbonyl (C=O) groups is 2. The lowest BCUT2D eigenvalue weighted by Crippen LogP contribution is -2.61. The van der Waals surface area contributed by atoms with Crippen LogP contribution in [0.5, 0.6) is 17.5 Å². The Morgan fingerprint density at radius 1 is 1.23 bits per heavy atom. The van der Waals surface area contributed by atoms with Gasteiger partial charge < -0.3 is 29.5 Å². The number of nitrogens with zero attached hydrogens (tertiary/aromatic N) is 6. The summed E-state index contributed by atoms with van der Waals surface area (Å²) in [4.78, 5) is 41.1. The summed E-state index contributed by atoms with van der Waals surface area (Å²) >= 11 is 0. The molecule has 4 aliphatic heterocycles. The van der Waals surface area contributed by atoms with Crippen molar-refractivity contribution in [2.45, 2.75) is 82.7 Å². The number of terminal acetylenes is 1. The second-order valence-electron chi connectivity index (χ2n) is 15.4. The second-order valence-corrected chi connectivity index (χ2v) is 15.4. The molecule has 3 atom stereocenters. The molecule has 2 aromatic carbocycles. The first-order chi connectivity index (χ1) is 26.9. The van der Waals surface area contributed by atoms with E-state index in [1.807, 2.05) is 4.90 Å². The van der Waals surface area contributed by atoms with Gasteiger partial charge in [0.15, 0.2) is 11.6 Å². The van der Waals surface area contributed by atoms with Gasteiger partial charge in [-0.15, -0.1) is 6.42 Å². The van der Waals surface area contributed by atoms with Crippen molar-refractivity contribution in [2.75, 3.05) is 49.3 Å². The summed E-state index contributed by atoms with van der Waals surface area (Å²) in [5.74, 6) is 1.50. The van der Waals surface area contributed by atoms with Crippen molar-refractivity contribution in [3.05, 3.63) is 54.0 Å². The Bertz CT molecular complexity index is 2130. The molecule has 0 saturated carbocycles. The Morgan fingerprint density at radius 2 is 2.02 bits per heavy atom. The van der Waals surface area contributed by atoms with Gasteiger partial charge in [-0.3, -0.25) is 14.6 Å². The summed E-state index contributed by atoms with van der Waals surface area (Å²) in [6.07, 6.45) is 8.57. The summed E-state index contributed by atoms with van der Waals surface area (Å²) in [6, 6.07) is 7.40. The third-order valence-corrected chi connectivity index (χ3v) is 11.6. The van der Waals surface area contributed by atoms with E-state index in [1.165, 1.54) is 35.2 Å². The lowest BCUT2D eigenvalue weighted by atomic mass is 9.71. The third kappa shape index (κ3) is 7.17. The van der Waals surface area contributed by atoms with Crippen LogP contribution in [0.2, 0.25) is 0 Å². The molecule has 0 radical (unpaired) electrons. The molecule has 5 heterocycles. The minimum Gasteiger partial charge on any atom is -0.508 e. The third-order valence-electron chi connectivity index (χ3n) is 11.6. The zero-order valence-electron chi connectivity index (χ0n) is 31.5. The quantitative estimate of drug-likeness (QED) is 0.209. The van der Waals surface area contributed by atoms with Crippen LogP contribution in [-0.4, -0.2) is 95.2 Å². The van der Waals surface area contributed by atoms with Gasteiger partial charge in [-0.1, -0.05) is 18.6 Å². The topological polar surface area (TPSA) is 153 Å². The van der Waals surface area contributed by atoms with Gasteiger partial charge in [0.1, 0.15) is 30.0 Å². The van der Waals surface area contributed by atoms with Gasteiger partial charge in [-0.2, -0.15) is 15.2 Å². The summed E-state index contributed by atoms with van der Waals surface area (Å²) in [5.41, 5.74) is -1.87. The molecule has 15 heteroatoms. The van der Waals surface area contributed by atoms with Crippen LogP contribution in [0.4, 0.5) is 25.1 Å². The number of aromatic hydroxyl groups is 1. The first kappa shape index (κ1) is 38.8. The molecular formula is C41H45F2N7O6. The molecule has 3 aromatic rings. The number of phenols is 1. The number of amides is 2. The van der Waals surface area contributed by atoms with Crippen molar-refractivity contribution >= 4 is 34.3 Å². The smallest absolute Gasteiger partial charge is 0.420 e. The van der Waals surface area contributed by atoms with Crippen LogP contribution in [0.25, 0.3) is 10.8 Å². The van der Waals surface area contributed by atoms with Gasteiger partial charge in [0.2, 0.25) is 5.91 Å². The molecule has 13 nitrogen and oxygen atoms in total. The van der Waals surface area contributed by atoms with E-state index in [0.29, 0.717) is 51.0 Å². The highest BCUT2D eigenvalue weighted by atomic mass is 19.1. The van der Waals surface area contributed by atoms with Crippen LogP contribution in [0.1, 0.15) is 63.6 Å². The fraction of sp³-hybridized carbons (Fsp3) is 0.488. The largest absolute Gasteiger partial charge is 0.508 e. The number of hydrogen-bond donors (Lipinski definition) is 2. The van der Waals surface area contributed by atoms with E-state index in [-0.39, 0.29) is 89.8 Å². The highest BCUT2D eigenvalue weighted by molar-refractivity contribution is 6.06. The van der Waals surface area contributed by atoms with Crippen LogP contribution < -0.4 is 24.6 Å². The number of aromatic nitrogens is 2. The molecule has 294 valence electrons. The Kier molecular flexibility index (Phi) is 10.8. The van der Waals surface area contributed by atoms with Crippen molar-refractivity contribution < 1.29 is 37.7 Å². The molecular weight excluding hydrogens is 724 g/mol. The average Bonchev–Trinajstić information content (AvgIpc) is 3.38. The fourth-order valence-corrected chi connectivity index (χ4v) is 8.62. The number of carbonyl (C=O) groups excluding carboxylic acids is 2. The molecule has 56 heavy (non-hydrogen) atoms. The number of nitrogens with one attached hydrogen (secondary N) is 1. The van der Waals surface area contributed by atoms with Gasteiger partial charge >= 0.3 is 12.1 Å². The molecule has 4 aliphatic rings. The fourth-order valence-electron chi connectivity index (χ4n) is 8.62. The number of phenolic OH excluding ortho intramolecular Hbond substituents is 1. The highest BCUT2D eigenvalue weighted by Crippen LogP contribution is 2.48. The van der Waals surface area contributed by atoms with Crippen LogP contribution >= 0.6 is 0 Å². The predicted octanol–water partition coefficient (Wildman–Crippen LogP) is 5.53. The van der Waals surface area contributed by atoms with Gasteiger partial charge in [0.25, 0.3) is 0 Å². The number of benzene rings is 2. The highest BCUT2D eigenvalue weighted by Gasteiger charge is 2.58. The molecule has 0 spiro atoms. The number of likely N-dealkylation sites (tertiary alicyclic amines) is 1. The van der Waals surface area contributed by atoms with Crippen LogP contribution in [0, 0.1) is 34.9 Å². The standard InChI is InChI=1S/C41H45F2N7O6/c1-5-30-31(43)11-10-25-17-29(51)18-33(35(25)30)49-22-32-36(56-39(49)53)37(48-14-8-7-9-27(21-48)45-34(52)6-2)47-38(46-32)55-24-41(40(3,4)23-44)19-26(42)20-50(41)28-12-15-54-16-13-28/h1,6,10-11,17-18,26-28,51H,2,7-9,12-16,19-22,24H2,3-4H3,(H,45,52)/t26-,27?,41+/m1/s1. The van der Waals surface area contributed by atoms with E-state index < -0.39 is 29.0 Å². The Hall–Kier alpha value is -5.51. The van der Waals surface area contributed by atoms with E-state index >= 15 is 8.78 Å². The van der Waals surface area contributed by atoms with Gasteiger partial charge in [-0.05, 0) is 69.5 Å². The molecule has 1 unspecified atom stereocenters. The monoisotopic (exact) mass is 769 g/mol. The van der Waals surface area contributed by atoms with Crippen molar-refractivity contribution in [1.82, 2.24) is 20.2 Å². The molecule has 0 aliphatic carbocycles. The molecule has 3 fully saturated rings. The zero-order valence-corrected chi connectivity index (χ0v) is 31.5. The Labute approximate surface area is 324 Å². The van der Waals surface area contributed by atoms with Crippen molar-refractivity contribution in [2.24, 2.45) is 5.41 Å². The van der Waals surface area contributed by atoms with E-state index in [1.54, 1.807) is 13.8 Å². The maximum absolute atomic E-state index is 15.6. The minimum atomic E-state index is -1.20. The summed E-state index contributed by atoms with van der Waals surface area (Å²) < 4.78 is 48.7. The summed E-state index contributed by atoms with van der Waals surface area (Å²) in [5, 5.41) is 24.8. The maximum atomic E-state index is 15.6. The first-order valence-electron chi connectivity index (χ1n) is 18.9. The Morgan fingerprint density at radius 3 is 2.75 bits per heavy atom. The number of rotatable bonds is 9. The number of anilines is 2. The van der Waals surface area contributed by atoms with Crippen molar-refractivity contribution in [1.29, 1.82) is 5.26 Å². The van der Waals surface area contributed by atoms with Gasteiger partial charge in [0, 0.05) is 62.8 Å². The molecule has 3 saturated heterocycles. The first-order valence-corrected chi connectivity index (χ1v) is 18.9. The number of ether oxygens (including phenoxy) is 3. The lowest BCUT2D eigenvalue weighted by Gasteiger charge is -2.49. The van der Waals surface area contributed by atoms with Crippen LogP contribution in [-0.2, 0) is 16.1 Å². The number of fused-ring (bicyclic) bond motifs is 2. The normalized spacial score (nSPS) is 23.4. The molecule has 1 aromatic heterocycles. The Balaban J connectivity index is 1.32. The number of nitriles is 1. The zero-order chi connectivity index (χ0) is 39.8. The number of hydrogen-bond acceptors (Lipinski definition) is 11. The average molecular weight is 770 g/mol. The second kappa shape index (κ2) is 15.6. The lowest BCUT2D eigenvalue weighted by molar-refractivity contribution is -0.117. The van der Waals surface area contributed by atoms with E-state index in [4.69, 9.17) is 30.6 Å². The molecule has 7 rings (SSSR count). The summed E-state index contributed by atoms with van der Waals surface area (Å²) in [6.45, 7) is 8.85. The van der Waals surface area contributed by atoms with Crippen LogP contribution in [0.3, 0.4) is 0 Å². The SMILES string of the molecule is C#Cc1c(F)ccc2cc(O)cc(N3Cc4nc(OC[C@]5(C(C)(C)C#N)C[C@@H](F)CN5C5CCOCC5)nc(N5CCCCC(NC(=O)C=C)C5)c4OC3=O)c12. The van der Waals surface area contributed by atoms with Crippen LogP contribution in [0.15, 0.2) is 36.9 Å².